The standard InChI is InChI=1S/C37H32N4O2/c1-2-41(33-20-18-32(19-21-33)40-39-31-16-9-26(25-38)10-17-31)23-24-43-35(42)8-4-5-27-11-12-30-14-13-28-6-3-7-29-15-22-34(27)37(30)36(28)29/h3,6-7,9-22H,2,4-5,8,23-24H2,1H3. The zero-order valence-electron chi connectivity index (χ0n) is 24.2. The van der Waals surface area contributed by atoms with Gasteiger partial charge in [-0.15, -0.1) is 0 Å². The Hall–Kier alpha value is -5.28. The number of hydrogen-bond acceptors (Lipinski definition) is 6. The minimum absolute atomic E-state index is 0.160. The normalized spacial score (nSPS) is 11.4. The van der Waals surface area contributed by atoms with Gasteiger partial charge in [-0.2, -0.15) is 15.5 Å². The van der Waals surface area contributed by atoms with E-state index in [9.17, 15) is 4.79 Å². The molecule has 0 saturated carbocycles. The van der Waals surface area contributed by atoms with Crippen LogP contribution in [-0.2, 0) is 16.0 Å². The molecule has 0 bridgehead atoms. The molecule has 0 aromatic heterocycles. The van der Waals surface area contributed by atoms with E-state index in [1.165, 1.54) is 37.9 Å². The summed E-state index contributed by atoms with van der Waals surface area (Å²) in [5, 5.41) is 25.1. The van der Waals surface area contributed by atoms with E-state index < -0.39 is 0 Å². The van der Waals surface area contributed by atoms with E-state index in [0.717, 1.165) is 30.8 Å². The van der Waals surface area contributed by atoms with Gasteiger partial charge in [-0.1, -0.05) is 54.6 Å². The number of anilines is 1. The number of nitrogens with zero attached hydrogens (tertiary/aromatic N) is 4. The maximum atomic E-state index is 12.6. The first-order chi connectivity index (χ1) is 21.1. The van der Waals surface area contributed by atoms with Crippen LogP contribution in [0, 0.1) is 11.3 Å². The number of likely N-dealkylation sites (N-methyl/N-ethyl adjacent to an activating group) is 1. The van der Waals surface area contributed by atoms with Gasteiger partial charge in [0.15, 0.2) is 0 Å². The van der Waals surface area contributed by atoms with Crippen molar-refractivity contribution in [3.05, 3.63) is 114 Å². The van der Waals surface area contributed by atoms with Crippen LogP contribution in [0.3, 0.4) is 0 Å². The summed E-state index contributed by atoms with van der Waals surface area (Å²) in [5.41, 5.74) is 4.32. The first-order valence-corrected chi connectivity index (χ1v) is 14.7. The van der Waals surface area contributed by atoms with E-state index in [1.807, 2.05) is 24.3 Å². The molecule has 0 aliphatic carbocycles. The predicted octanol–water partition coefficient (Wildman–Crippen LogP) is 9.26. The fourth-order valence-corrected chi connectivity index (χ4v) is 5.70. The zero-order chi connectivity index (χ0) is 29.6. The van der Waals surface area contributed by atoms with Crippen LogP contribution in [0.25, 0.3) is 32.3 Å². The van der Waals surface area contributed by atoms with E-state index in [4.69, 9.17) is 10.00 Å². The average Bonchev–Trinajstić information content (AvgIpc) is 3.06. The minimum Gasteiger partial charge on any atom is -0.464 e. The first kappa shape index (κ1) is 27.9. The lowest BCUT2D eigenvalue weighted by molar-refractivity contribution is -0.143. The lowest BCUT2D eigenvalue weighted by Crippen LogP contribution is -2.27. The molecular weight excluding hydrogens is 532 g/mol. The van der Waals surface area contributed by atoms with Gasteiger partial charge in [-0.25, -0.2) is 0 Å². The molecule has 43 heavy (non-hydrogen) atoms. The van der Waals surface area contributed by atoms with Crippen molar-refractivity contribution in [2.75, 3.05) is 24.6 Å². The molecule has 6 aromatic rings. The average molecular weight is 565 g/mol. The Labute approximate surface area is 251 Å². The highest BCUT2D eigenvalue weighted by molar-refractivity contribution is 6.23. The van der Waals surface area contributed by atoms with Gasteiger partial charge in [0.2, 0.25) is 0 Å². The zero-order valence-corrected chi connectivity index (χ0v) is 24.2. The number of nitriles is 1. The lowest BCUT2D eigenvalue weighted by atomic mass is 9.90. The summed E-state index contributed by atoms with van der Waals surface area (Å²) < 4.78 is 5.61. The van der Waals surface area contributed by atoms with Crippen LogP contribution in [0.1, 0.15) is 30.9 Å². The van der Waals surface area contributed by atoms with Gasteiger partial charge in [0.1, 0.15) is 6.61 Å². The summed E-state index contributed by atoms with van der Waals surface area (Å²) in [6.07, 6.45) is 1.98. The Morgan fingerprint density at radius 1 is 0.791 bits per heavy atom. The smallest absolute Gasteiger partial charge is 0.305 e. The van der Waals surface area contributed by atoms with Crippen LogP contribution in [0.15, 0.2) is 113 Å². The highest BCUT2D eigenvalue weighted by Gasteiger charge is 2.12. The van der Waals surface area contributed by atoms with Crippen molar-refractivity contribution in [3.63, 3.8) is 0 Å². The van der Waals surface area contributed by atoms with E-state index in [1.54, 1.807) is 24.3 Å². The molecule has 6 aromatic carbocycles. The molecule has 6 rings (SSSR count). The molecule has 0 aliphatic rings. The maximum absolute atomic E-state index is 12.6. The number of benzene rings is 6. The first-order valence-electron chi connectivity index (χ1n) is 14.7. The molecule has 0 heterocycles. The number of hydrogen-bond donors (Lipinski definition) is 0. The highest BCUT2D eigenvalue weighted by Crippen LogP contribution is 2.36. The SMILES string of the molecule is CCN(CCOC(=O)CCCc1ccc2ccc3cccc4ccc1c2c34)c1ccc(N=Nc2ccc(C#N)cc2)cc1. The van der Waals surface area contributed by atoms with Gasteiger partial charge in [-0.05, 0) is 106 Å². The highest BCUT2D eigenvalue weighted by atomic mass is 16.5. The number of azo groups is 1. The summed E-state index contributed by atoms with van der Waals surface area (Å²) in [4.78, 5) is 14.7. The molecule has 6 nitrogen and oxygen atoms in total. The molecule has 0 saturated heterocycles. The number of esters is 1. The second-order valence-corrected chi connectivity index (χ2v) is 10.6. The number of aryl methyl sites for hydroxylation is 1. The number of carbonyl (C=O) groups excluding carboxylic acids is 1. The van der Waals surface area contributed by atoms with Crippen molar-refractivity contribution >= 4 is 55.3 Å². The van der Waals surface area contributed by atoms with Gasteiger partial charge < -0.3 is 9.64 Å². The largest absolute Gasteiger partial charge is 0.464 e. The van der Waals surface area contributed by atoms with Crippen LogP contribution in [0.5, 0.6) is 0 Å². The van der Waals surface area contributed by atoms with Crippen molar-refractivity contribution in [3.8, 4) is 6.07 Å². The molecular formula is C37H32N4O2. The lowest BCUT2D eigenvalue weighted by Gasteiger charge is -2.23. The monoisotopic (exact) mass is 564 g/mol. The van der Waals surface area contributed by atoms with E-state index in [2.05, 4.69) is 82.7 Å². The molecule has 0 fully saturated rings. The van der Waals surface area contributed by atoms with Crippen LogP contribution in [-0.4, -0.2) is 25.7 Å². The summed E-state index contributed by atoms with van der Waals surface area (Å²) in [7, 11) is 0. The van der Waals surface area contributed by atoms with E-state index in [0.29, 0.717) is 30.8 Å². The third kappa shape index (κ3) is 6.17. The Bertz CT molecular complexity index is 1920. The van der Waals surface area contributed by atoms with Gasteiger partial charge in [0.05, 0.1) is 29.6 Å². The second-order valence-electron chi connectivity index (χ2n) is 10.6. The Kier molecular flexibility index (Phi) is 8.24. The molecule has 0 atom stereocenters. The molecule has 212 valence electrons. The fraction of sp³-hybridized carbons (Fsp3) is 0.189. The van der Waals surface area contributed by atoms with Crippen LogP contribution >= 0.6 is 0 Å². The quantitative estimate of drug-likeness (QED) is 0.0892. The van der Waals surface area contributed by atoms with Gasteiger partial charge in [-0.3, -0.25) is 4.79 Å². The summed E-state index contributed by atoms with van der Waals surface area (Å²) >= 11 is 0. The second kappa shape index (κ2) is 12.7. The fourth-order valence-electron chi connectivity index (χ4n) is 5.70. The molecule has 0 amide bonds. The molecule has 0 aliphatic heterocycles. The van der Waals surface area contributed by atoms with Gasteiger partial charge in [0, 0.05) is 18.7 Å². The third-order valence-corrected chi connectivity index (χ3v) is 7.94. The van der Waals surface area contributed by atoms with E-state index >= 15 is 0 Å². The Morgan fingerprint density at radius 3 is 2.09 bits per heavy atom. The van der Waals surface area contributed by atoms with Crippen LogP contribution < -0.4 is 4.90 Å². The van der Waals surface area contributed by atoms with Crippen LogP contribution in [0.4, 0.5) is 17.1 Å². The van der Waals surface area contributed by atoms with Gasteiger partial charge in [0.25, 0.3) is 0 Å². The topological polar surface area (TPSA) is 78.0 Å². The van der Waals surface area contributed by atoms with E-state index in [-0.39, 0.29) is 5.97 Å². The molecule has 0 spiro atoms. The van der Waals surface area contributed by atoms with Gasteiger partial charge >= 0.3 is 5.97 Å². The maximum Gasteiger partial charge on any atom is 0.305 e. The Balaban J connectivity index is 0.994. The van der Waals surface area contributed by atoms with Crippen LogP contribution in [0.2, 0.25) is 0 Å². The number of rotatable bonds is 11. The molecule has 0 unspecified atom stereocenters. The Morgan fingerprint density at radius 2 is 1.42 bits per heavy atom. The van der Waals surface area contributed by atoms with Crippen molar-refractivity contribution in [2.24, 2.45) is 10.2 Å². The number of carbonyl (C=O) groups is 1. The molecule has 6 heteroatoms. The molecule has 0 radical (unpaired) electrons. The summed E-state index contributed by atoms with van der Waals surface area (Å²) in [6, 6.07) is 36.6. The summed E-state index contributed by atoms with van der Waals surface area (Å²) in [6.45, 7) is 3.82. The summed E-state index contributed by atoms with van der Waals surface area (Å²) in [5.74, 6) is -0.160. The van der Waals surface area contributed by atoms with Crippen molar-refractivity contribution in [1.82, 2.24) is 0 Å². The van der Waals surface area contributed by atoms with Crippen molar-refractivity contribution < 1.29 is 9.53 Å². The van der Waals surface area contributed by atoms with Crippen molar-refractivity contribution in [2.45, 2.75) is 26.2 Å². The molecule has 0 N–H and O–H groups in total. The minimum atomic E-state index is -0.160. The predicted molar refractivity (Wildman–Crippen MR) is 174 cm³/mol. The van der Waals surface area contributed by atoms with Crippen molar-refractivity contribution in [1.29, 1.82) is 5.26 Å². The number of ether oxygens (including phenoxy) is 1. The third-order valence-electron chi connectivity index (χ3n) is 7.94.